The molecule has 2 N–H and O–H groups in total. The summed E-state index contributed by atoms with van der Waals surface area (Å²) in [6, 6.07) is 6.21. The maximum Gasteiger partial charge on any atom is 0.0547 e. The number of benzene rings is 1. The summed E-state index contributed by atoms with van der Waals surface area (Å²) >= 11 is 0. The Hall–Kier alpha value is -0.670. The van der Waals surface area contributed by atoms with Gasteiger partial charge in [-0.2, -0.15) is 0 Å². The zero-order valence-corrected chi connectivity index (χ0v) is 12.8. The highest BCUT2D eigenvalue weighted by atomic mass is 32.2. The molecule has 3 heteroatoms. The first-order valence-corrected chi connectivity index (χ1v) is 8.61. The number of hydrogen-bond donors (Lipinski definition) is 1. The predicted octanol–water partition coefficient (Wildman–Crippen LogP) is 3.32. The first-order chi connectivity index (χ1) is 9.08. The van der Waals surface area contributed by atoms with Gasteiger partial charge in [-0.05, 0) is 44.2 Å². The molecule has 19 heavy (non-hydrogen) atoms. The SMILES string of the molecule is Cc1ccc(S(=O)CC(N)C2CCCCC2)c(C)c1. The molecule has 2 nitrogen and oxygen atoms in total. The van der Waals surface area contributed by atoms with Crippen LogP contribution in [0.25, 0.3) is 0 Å². The van der Waals surface area contributed by atoms with E-state index in [2.05, 4.69) is 13.0 Å². The van der Waals surface area contributed by atoms with Gasteiger partial charge in [-0.1, -0.05) is 37.0 Å². The Bertz CT molecular complexity index is 452. The van der Waals surface area contributed by atoms with Gasteiger partial charge in [0.15, 0.2) is 0 Å². The van der Waals surface area contributed by atoms with Crippen molar-refractivity contribution in [3.8, 4) is 0 Å². The van der Waals surface area contributed by atoms with Crippen LogP contribution in [0.5, 0.6) is 0 Å². The summed E-state index contributed by atoms with van der Waals surface area (Å²) in [6.07, 6.45) is 6.34. The van der Waals surface area contributed by atoms with Gasteiger partial charge in [-0.15, -0.1) is 0 Å². The highest BCUT2D eigenvalue weighted by Gasteiger charge is 2.23. The van der Waals surface area contributed by atoms with E-state index in [4.69, 9.17) is 5.73 Å². The summed E-state index contributed by atoms with van der Waals surface area (Å²) in [5.41, 5.74) is 8.61. The Labute approximate surface area is 119 Å². The van der Waals surface area contributed by atoms with Gasteiger partial charge in [0, 0.05) is 16.7 Å². The van der Waals surface area contributed by atoms with Crippen LogP contribution in [-0.2, 0) is 10.8 Å². The summed E-state index contributed by atoms with van der Waals surface area (Å²) in [4.78, 5) is 0.955. The highest BCUT2D eigenvalue weighted by Crippen LogP contribution is 2.27. The van der Waals surface area contributed by atoms with Crippen LogP contribution in [0.3, 0.4) is 0 Å². The molecule has 0 aromatic heterocycles. The van der Waals surface area contributed by atoms with Gasteiger partial charge in [0.25, 0.3) is 0 Å². The molecule has 1 aliphatic rings. The first kappa shape index (κ1) is 14.7. The third-order valence-electron chi connectivity index (χ3n) is 4.17. The van der Waals surface area contributed by atoms with Gasteiger partial charge in [-0.3, -0.25) is 4.21 Å². The van der Waals surface area contributed by atoms with Crippen LogP contribution >= 0.6 is 0 Å². The summed E-state index contributed by atoms with van der Waals surface area (Å²) < 4.78 is 12.5. The number of nitrogens with two attached hydrogens (primary N) is 1. The minimum Gasteiger partial charge on any atom is -0.327 e. The van der Waals surface area contributed by atoms with Crippen molar-refractivity contribution in [2.45, 2.75) is 56.9 Å². The van der Waals surface area contributed by atoms with E-state index in [0.717, 1.165) is 10.5 Å². The van der Waals surface area contributed by atoms with Crippen LogP contribution in [-0.4, -0.2) is 16.0 Å². The van der Waals surface area contributed by atoms with Crippen LogP contribution in [0.1, 0.15) is 43.2 Å². The van der Waals surface area contributed by atoms with Gasteiger partial charge in [-0.25, -0.2) is 0 Å². The van der Waals surface area contributed by atoms with Gasteiger partial charge < -0.3 is 5.73 Å². The van der Waals surface area contributed by atoms with E-state index in [-0.39, 0.29) is 6.04 Å². The molecular formula is C16H25NOS. The Kier molecular flexibility index (Phi) is 5.17. The zero-order valence-electron chi connectivity index (χ0n) is 12.0. The van der Waals surface area contributed by atoms with Crippen molar-refractivity contribution in [2.24, 2.45) is 11.7 Å². The van der Waals surface area contributed by atoms with Crippen LogP contribution in [0, 0.1) is 19.8 Å². The molecule has 0 amide bonds. The predicted molar refractivity (Wildman–Crippen MR) is 81.7 cm³/mol. The molecule has 2 unspecified atom stereocenters. The lowest BCUT2D eigenvalue weighted by molar-refractivity contribution is 0.318. The Balaban J connectivity index is 1.99. The molecule has 106 valence electrons. The molecule has 0 bridgehead atoms. The van der Waals surface area contributed by atoms with Crippen molar-refractivity contribution >= 4 is 10.8 Å². The van der Waals surface area contributed by atoms with Crippen molar-refractivity contribution in [3.05, 3.63) is 29.3 Å². The quantitative estimate of drug-likeness (QED) is 0.918. The second-order valence-corrected chi connectivity index (χ2v) is 7.31. The van der Waals surface area contributed by atoms with E-state index in [1.54, 1.807) is 0 Å². The fraction of sp³-hybridized carbons (Fsp3) is 0.625. The van der Waals surface area contributed by atoms with Crippen molar-refractivity contribution in [1.82, 2.24) is 0 Å². The molecule has 1 fully saturated rings. The molecule has 0 spiro atoms. The molecule has 0 heterocycles. The second-order valence-electron chi connectivity index (χ2n) is 5.84. The van der Waals surface area contributed by atoms with Gasteiger partial charge >= 0.3 is 0 Å². The summed E-state index contributed by atoms with van der Waals surface area (Å²) in [5, 5.41) is 0. The normalized spacial score (nSPS) is 20.2. The van der Waals surface area contributed by atoms with Gasteiger partial charge in [0.05, 0.1) is 10.8 Å². The molecule has 1 saturated carbocycles. The highest BCUT2D eigenvalue weighted by molar-refractivity contribution is 7.85. The minimum absolute atomic E-state index is 0.0850. The summed E-state index contributed by atoms with van der Waals surface area (Å²) in [6.45, 7) is 4.10. The Morgan fingerprint density at radius 3 is 2.58 bits per heavy atom. The van der Waals surface area contributed by atoms with E-state index in [0.29, 0.717) is 11.7 Å². The van der Waals surface area contributed by atoms with Crippen LogP contribution in [0.2, 0.25) is 0 Å². The van der Waals surface area contributed by atoms with Crippen molar-refractivity contribution in [2.75, 3.05) is 5.75 Å². The van der Waals surface area contributed by atoms with E-state index >= 15 is 0 Å². The third-order valence-corrected chi connectivity index (χ3v) is 5.81. The van der Waals surface area contributed by atoms with E-state index in [1.807, 2.05) is 19.1 Å². The number of aryl methyl sites for hydroxylation is 2. The fourth-order valence-corrected chi connectivity index (χ4v) is 4.46. The lowest BCUT2D eigenvalue weighted by Gasteiger charge is -2.27. The van der Waals surface area contributed by atoms with Crippen LogP contribution in [0.4, 0.5) is 0 Å². The molecule has 0 saturated heterocycles. The fourth-order valence-electron chi connectivity index (χ4n) is 3.02. The topological polar surface area (TPSA) is 43.1 Å². The van der Waals surface area contributed by atoms with Crippen molar-refractivity contribution in [1.29, 1.82) is 0 Å². The minimum atomic E-state index is -0.960. The molecule has 1 aromatic carbocycles. The van der Waals surface area contributed by atoms with Crippen LogP contribution in [0.15, 0.2) is 23.1 Å². The number of hydrogen-bond acceptors (Lipinski definition) is 2. The maximum absolute atomic E-state index is 12.5. The largest absolute Gasteiger partial charge is 0.327 e. The lowest BCUT2D eigenvalue weighted by Crippen LogP contribution is -2.36. The molecule has 0 aliphatic heterocycles. The standard InChI is InChI=1S/C16H25NOS/c1-12-8-9-16(13(2)10-12)19(18)11-15(17)14-6-4-3-5-7-14/h8-10,14-15H,3-7,11,17H2,1-2H3. The smallest absolute Gasteiger partial charge is 0.0547 e. The van der Waals surface area contributed by atoms with Gasteiger partial charge in [0.2, 0.25) is 0 Å². The molecular weight excluding hydrogens is 254 g/mol. The first-order valence-electron chi connectivity index (χ1n) is 7.29. The second kappa shape index (κ2) is 6.67. The Morgan fingerprint density at radius 2 is 1.95 bits per heavy atom. The summed E-state index contributed by atoms with van der Waals surface area (Å²) in [5.74, 6) is 1.18. The van der Waals surface area contributed by atoms with E-state index < -0.39 is 10.8 Å². The molecule has 1 aliphatic carbocycles. The van der Waals surface area contributed by atoms with E-state index in [1.165, 1.54) is 37.7 Å². The van der Waals surface area contributed by atoms with Crippen molar-refractivity contribution < 1.29 is 4.21 Å². The average Bonchev–Trinajstić information content (AvgIpc) is 2.39. The number of rotatable bonds is 4. The third kappa shape index (κ3) is 3.90. The molecule has 2 rings (SSSR count). The Morgan fingerprint density at radius 1 is 1.26 bits per heavy atom. The van der Waals surface area contributed by atoms with Crippen LogP contribution < -0.4 is 5.73 Å². The van der Waals surface area contributed by atoms with E-state index in [9.17, 15) is 4.21 Å². The molecule has 0 radical (unpaired) electrons. The molecule has 1 aromatic rings. The van der Waals surface area contributed by atoms with Gasteiger partial charge in [0.1, 0.15) is 0 Å². The average molecular weight is 279 g/mol. The monoisotopic (exact) mass is 279 g/mol. The zero-order chi connectivity index (χ0) is 13.8. The maximum atomic E-state index is 12.5. The lowest BCUT2D eigenvalue weighted by atomic mass is 9.85. The summed E-state index contributed by atoms with van der Waals surface area (Å²) in [7, 11) is -0.960. The van der Waals surface area contributed by atoms with Crippen molar-refractivity contribution in [3.63, 3.8) is 0 Å². The molecule has 2 atom stereocenters.